The molecule has 0 N–H and O–H groups in total. The average Bonchev–Trinajstić information content (AvgIpc) is 2.01. The Balaban J connectivity index is 4.24. The van der Waals surface area contributed by atoms with Gasteiger partial charge in [-0.05, 0) is 24.2 Å². The Kier molecular flexibility index (Phi) is 5.33. The Morgan fingerprint density at radius 1 is 1.07 bits per heavy atom. The van der Waals surface area contributed by atoms with E-state index in [1.54, 1.807) is 0 Å². The van der Waals surface area contributed by atoms with Crippen molar-refractivity contribution in [2.75, 3.05) is 6.61 Å². The van der Waals surface area contributed by atoms with Crippen molar-refractivity contribution in [2.24, 2.45) is 10.8 Å². The number of hydrogen-bond donors (Lipinski definition) is 0. The van der Waals surface area contributed by atoms with Gasteiger partial charge in [-0.25, -0.2) is 0 Å². The SMILES string of the molecule is CCOC(=O)CC(C)(C)CC(C)(C)CC. The van der Waals surface area contributed by atoms with E-state index in [4.69, 9.17) is 4.74 Å². The van der Waals surface area contributed by atoms with Crippen molar-refractivity contribution in [1.29, 1.82) is 0 Å². The molecule has 0 aliphatic heterocycles. The van der Waals surface area contributed by atoms with E-state index >= 15 is 0 Å². The second-order valence-corrected chi connectivity index (χ2v) is 5.84. The first kappa shape index (κ1) is 14.5. The molecular formula is C13H26O2. The quantitative estimate of drug-likeness (QED) is 0.629. The fourth-order valence-corrected chi connectivity index (χ4v) is 2.09. The highest BCUT2D eigenvalue weighted by atomic mass is 16.5. The summed E-state index contributed by atoms with van der Waals surface area (Å²) in [5.41, 5.74) is 0.335. The number of carbonyl (C=O) groups is 1. The molecule has 0 radical (unpaired) electrons. The van der Waals surface area contributed by atoms with Gasteiger partial charge in [0.2, 0.25) is 0 Å². The van der Waals surface area contributed by atoms with E-state index in [9.17, 15) is 4.79 Å². The van der Waals surface area contributed by atoms with E-state index in [1.165, 1.54) is 0 Å². The standard InChI is InChI=1S/C13H26O2/c1-7-12(3,4)10-13(5,6)9-11(14)15-8-2/h7-10H2,1-6H3. The molecule has 0 bridgehead atoms. The monoisotopic (exact) mass is 214 g/mol. The highest BCUT2D eigenvalue weighted by molar-refractivity contribution is 5.70. The Hall–Kier alpha value is -0.530. The zero-order chi connectivity index (χ0) is 12.1. The van der Waals surface area contributed by atoms with Crippen LogP contribution in [0, 0.1) is 10.8 Å². The molecule has 0 aromatic heterocycles. The third-order valence-corrected chi connectivity index (χ3v) is 2.84. The minimum atomic E-state index is -0.0746. The van der Waals surface area contributed by atoms with Crippen LogP contribution >= 0.6 is 0 Å². The van der Waals surface area contributed by atoms with E-state index < -0.39 is 0 Å². The maximum absolute atomic E-state index is 11.4. The number of carbonyl (C=O) groups excluding carboxylic acids is 1. The van der Waals surface area contributed by atoms with Crippen LogP contribution in [0.25, 0.3) is 0 Å². The van der Waals surface area contributed by atoms with E-state index in [-0.39, 0.29) is 11.4 Å². The van der Waals surface area contributed by atoms with Crippen LogP contribution in [0.1, 0.15) is 60.8 Å². The van der Waals surface area contributed by atoms with Gasteiger partial charge in [-0.2, -0.15) is 0 Å². The molecule has 0 unspecified atom stereocenters. The molecule has 0 aliphatic rings. The zero-order valence-electron chi connectivity index (χ0n) is 11.1. The van der Waals surface area contributed by atoms with Gasteiger partial charge in [-0.15, -0.1) is 0 Å². The molecule has 0 saturated carbocycles. The van der Waals surface area contributed by atoms with Crippen LogP contribution < -0.4 is 0 Å². The summed E-state index contributed by atoms with van der Waals surface area (Å²) in [6.45, 7) is 13.3. The normalized spacial score (nSPS) is 12.7. The molecule has 0 aromatic rings. The van der Waals surface area contributed by atoms with Crippen molar-refractivity contribution in [3.63, 3.8) is 0 Å². The van der Waals surface area contributed by atoms with Gasteiger partial charge in [-0.1, -0.05) is 41.0 Å². The van der Waals surface area contributed by atoms with Gasteiger partial charge in [0.25, 0.3) is 0 Å². The minimum Gasteiger partial charge on any atom is -0.466 e. The van der Waals surface area contributed by atoms with Crippen LogP contribution in [-0.4, -0.2) is 12.6 Å². The first-order valence-corrected chi connectivity index (χ1v) is 5.88. The number of ether oxygens (including phenoxy) is 1. The topological polar surface area (TPSA) is 26.3 Å². The van der Waals surface area contributed by atoms with Gasteiger partial charge in [0.05, 0.1) is 13.0 Å². The molecule has 0 saturated heterocycles. The van der Waals surface area contributed by atoms with E-state index in [0.717, 1.165) is 12.8 Å². The molecule has 2 nitrogen and oxygen atoms in total. The summed E-state index contributed by atoms with van der Waals surface area (Å²) in [4.78, 5) is 11.4. The lowest BCUT2D eigenvalue weighted by Crippen LogP contribution is -2.26. The van der Waals surface area contributed by atoms with E-state index in [2.05, 4.69) is 34.6 Å². The largest absolute Gasteiger partial charge is 0.466 e. The second-order valence-electron chi connectivity index (χ2n) is 5.84. The summed E-state index contributed by atoms with van der Waals surface area (Å²) >= 11 is 0. The molecule has 0 aromatic carbocycles. The molecule has 0 spiro atoms. The number of hydrogen-bond acceptors (Lipinski definition) is 2. The maximum atomic E-state index is 11.4. The first-order chi connectivity index (χ1) is 6.72. The van der Waals surface area contributed by atoms with Gasteiger partial charge in [0.1, 0.15) is 0 Å². The van der Waals surface area contributed by atoms with Crippen molar-refractivity contribution in [3.8, 4) is 0 Å². The predicted octanol–water partition coefficient (Wildman–Crippen LogP) is 3.79. The summed E-state index contributed by atoms with van der Waals surface area (Å²) in [6.07, 6.45) is 2.71. The van der Waals surface area contributed by atoms with Crippen molar-refractivity contribution < 1.29 is 9.53 Å². The Morgan fingerprint density at radius 2 is 1.60 bits per heavy atom. The molecule has 90 valence electrons. The first-order valence-electron chi connectivity index (χ1n) is 5.88. The maximum Gasteiger partial charge on any atom is 0.306 e. The highest BCUT2D eigenvalue weighted by Crippen LogP contribution is 2.38. The molecule has 0 amide bonds. The molecule has 15 heavy (non-hydrogen) atoms. The fourth-order valence-electron chi connectivity index (χ4n) is 2.09. The summed E-state index contributed by atoms with van der Waals surface area (Å²) < 4.78 is 4.99. The molecule has 0 heterocycles. The predicted molar refractivity (Wildman–Crippen MR) is 63.7 cm³/mol. The lowest BCUT2D eigenvalue weighted by atomic mass is 9.72. The van der Waals surface area contributed by atoms with Gasteiger partial charge >= 0.3 is 5.97 Å². The van der Waals surface area contributed by atoms with E-state index in [1.807, 2.05) is 6.92 Å². The molecule has 2 heteroatoms. The van der Waals surface area contributed by atoms with Crippen LogP contribution in [0.4, 0.5) is 0 Å². The third kappa shape index (κ3) is 6.53. The van der Waals surface area contributed by atoms with Crippen molar-refractivity contribution in [3.05, 3.63) is 0 Å². The van der Waals surface area contributed by atoms with Gasteiger partial charge in [0, 0.05) is 0 Å². The minimum absolute atomic E-state index is 0.0335. The third-order valence-electron chi connectivity index (χ3n) is 2.84. The number of rotatable bonds is 6. The summed E-state index contributed by atoms with van der Waals surface area (Å²) in [5.74, 6) is -0.0746. The van der Waals surface area contributed by atoms with Gasteiger partial charge < -0.3 is 4.74 Å². The van der Waals surface area contributed by atoms with Gasteiger partial charge in [-0.3, -0.25) is 4.79 Å². The van der Waals surface area contributed by atoms with Crippen molar-refractivity contribution in [1.82, 2.24) is 0 Å². The molecule has 0 rings (SSSR count). The smallest absolute Gasteiger partial charge is 0.306 e. The lowest BCUT2D eigenvalue weighted by Gasteiger charge is -2.33. The van der Waals surface area contributed by atoms with Gasteiger partial charge in [0.15, 0.2) is 0 Å². The molecule has 0 aliphatic carbocycles. The van der Waals surface area contributed by atoms with Crippen LogP contribution in [0.2, 0.25) is 0 Å². The Morgan fingerprint density at radius 3 is 2.00 bits per heavy atom. The van der Waals surface area contributed by atoms with Crippen LogP contribution in [0.5, 0.6) is 0 Å². The summed E-state index contributed by atoms with van der Waals surface area (Å²) in [5, 5.41) is 0. The number of esters is 1. The van der Waals surface area contributed by atoms with Crippen molar-refractivity contribution >= 4 is 5.97 Å². The lowest BCUT2D eigenvalue weighted by molar-refractivity contribution is -0.145. The average molecular weight is 214 g/mol. The highest BCUT2D eigenvalue weighted by Gasteiger charge is 2.29. The summed E-state index contributed by atoms with van der Waals surface area (Å²) in [7, 11) is 0. The second kappa shape index (κ2) is 5.53. The summed E-state index contributed by atoms with van der Waals surface area (Å²) in [6, 6.07) is 0. The fraction of sp³-hybridized carbons (Fsp3) is 0.923. The zero-order valence-corrected chi connectivity index (χ0v) is 11.1. The Bertz CT molecular complexity index is 205. The Labute approximate surface area is 94.4 Å². The van der Waals surface area contributed by atoms with Crippen LogP contribution in [0.3, 0.4) is 0 Å². The molecule has 0 atom stereocenters. The van der Waals surface area contributed by atoms with Crippen LogP contribution in [0.15, 0.2) is 0 Å². The molecule has 0 fully saturated rings. The molecular weight excluding hydrogens is 188 g/mol. The van der Waals surface area contributed by atoms with Crippen molar-refractivity contribution in [2.45, 2.75) is 60.8 Å². The van der Waals surface area contributed by atoms with Crippen LogP contribution in [-0.2, 0) is 9.53 Å². The van der Waals surface area contributed by atoms with E-state index in [0.29, 0.717) is 18.4 Å².